The molecule has 0 amide bonds. The summed E-state index contributed by atoms with van der Waals surface area (Å²) in [4.78, 5) is 11.7. The first-order valence-electron chi connectivity index (χ1n) is 7.48. The molecule has 0 radical (unpaired) electrons. The third-order valence-corrected chi connectivity index (χ3v) is 3.38. The fourth-order valence-electron chi connectivity index (χ4n) is 2.32. The third-order valence-electron chi connectivity index (χ3n) is 3.38. The summed E-state index contributed by atoms with van der Waals surface area (Å²) in [6, 6.07) is 4.99. The van der Waals surface area contributed by atoms with Crippen molar-refractivity contribution in [3.05, 3.63) is 42.0 Å². The highest BCUT2D eigenvalue weighted by atomic mass is 19.1. The Labute approximate surface area is 134 Å². The second-order valence-electron chi connectivity index (χ2n) is 6.59. The van der Waals surface area contributed by atoms with Crippen LogP contribution in [0.3, 0.4) is 0 Å². The van der Waals surface area contributed by atoms with Gasteiger partial charge in [-0.25, -0.2) is 9.37 Å². The lowest BCUT2D eigenvalue weighted by Gasteiger charge is -2.21. The van der Waals surface area contributed by atoms with E-state index in [0.29, 0.717) is 17.3 Å². The zero-order chi connectivity index (χ0) is 16.6. The van der Waals surface area contributed by atoms with Crippen molar-refractivity contribution in [1.82, 2.24) is 15.0 Å². The minimum absolute atomic E-state index is 0.129. The number of hydrogen-bond donors (Lipinski definition) is 3. The average Bonchev–Trinajstić information content (AvgIpc) is 2.94. The van der Waals surface area contributed by atoms with Crippen LogP contribution in [0.1, 0.15) is 26.3 Å². The van der Waals surface area contributed by atoms with Crippen molar-refractivity contribution in [3.8, 4) is 0 Å². The van der Waals surface area contributed by atoms with E-state index in [4.69, 9.17) is 0 Å². The average molecular weight is 313 g/mol. The molecular formula is C17H20FN5. The number of nitrogens with one attached hydrogen (secondary N) is 3. The molecule has 0 fully saturated rings. The molecule has 0 aliphatic heterocycles. The van der Waals surface area contributed by atoms with Crippen molar-refractivity contribution in [2.24, 2.45) is 0 Å². The predicted molar refractivity (Wildman–Crippen MR) is 91.7 cm³/mol. The van der Waals surface area contributed by atoms with Crippen molar-refractivity contribution < 1.29 is 4.39 Å². The summed E-state index contributed by atoms with van der Waals surface area (Å²) < 4.78 is 13.8. The van der Waals surface area contributed by atoms with Crippen molar-refractivity contribution in [2.45, 2.75) is 33.2 Å². The number of rotatable bonds is 3. The summed E-state index contributed by atoms with van der Waals surface area (Å²) in [5.41, 5.74) is 2.06. The maximum Gasteiger partial charge on any atom is 0.225 e. The quantitative estimate of drug-likeness (QED) is 0.672. The first kappa shape index (κ1) is 15.3. The van der Waals surface area contributed by atoms with Gasteiger partial charge in [-0.1, -0.05) is 0 Å². The van der Waals surface area contributed by atoms with Crippen molar-refractivity contribution >= 4 is 28.4 Å². The summed E-state index contributed by atoms with van der Waals surface area (Å²) in [6.07, 6.45) is 3.49. The summed E-state index contributed by atoms with van der Waals surface area (Å²) in [5, 5.41) is 7.31. The molecule has 1 aromatic carbocycles. The lowest BCUT2D eigenvalue weighted by atomic mass is 10.1. The number of fused-ring (bicyclic) bond motifs is 1. The molecule has 0 bridgehead atoms. The first-order valence-corrected chi connectivity index (χ1v) is 7.48. The van der Waals surface area contributed by atoms with Gasteiger partial charge in [-0.3, -0.25) is 0 Å². The Balaban J connectivity index is 1.97. The molecule has 3 rings (SSSR count). The van der Waals surface area contributed by atoms with Gasteiger partial charge >= 0.3 is 0 Å². The zero-order valence-electron chi connectivity index (χ0n) is 13.7. The standard InChI is InChI=1S/C17H20FN5/c1-10-9-20-16(23-17(2,3)4)22-15(10)21-13-6-5-12(18)14-11(13)7-8-19-14/h5-9,19H,1-4H3,(H2,20,21,22,23). The predicted octanol–water partition coefficient (Wildman–Crippen LogP) is 4.36. The van der Waals surface area contributed by atoms with Gasteiger partial charge in [-0.15, -0.1) is 0 Å². The van der Waals surface area contributed by atoms with E-state index >= 15 is 0 Å². The lowest BCUT2D eigenvalue weighted by Crippen LogP contribution is -2.27. The molecule has 6 heteroatoms. The van der Waals surface area contributed by atoms with Crippen LogP contribution in [0, 0.1) is 12.7 Å². The molecule has 0 aliphatic carbocycles. The highest BCUT2D eigenvalue weighted by Crippen LogP contribution is 2.28. The van der Waals surface area contributed by atoms with Crippen LogP contribution in [0.25, 0.3) is 10.9 Å². The van der Waals surface area contributed by atoms with E-state index < -0.39 is 0 Å². The van der Waals surface area contributed by atoms with Gasteiger partial charge in [0.25, 0.3) is 0 Å². The Kier molecular flexibility index (Phi) is 3.67. The lowest BCUT2D eigenvalue weighted by molar-refractivity contribution is 0.626. The van der Waals surface area contributed by atoms with Gasteiger partial charge < -0.3 is 15.6 Å². The number of aromatic nitrogens is 3. The summed E-state index contributed by atoms with van der Waals surface area (Å²) >= 11 is 0. The number of hydrogen-bond acceptors (Lipinski definition) is 4. The minimum Gasteiger partial charge on any atom is -0.359 e. The SMILES string of the molecule is Cc1cnc(NC(C)(C)C)nc1Nc1ccc(F)c2[nH]ccc12. The molecule has 5 nitrogen and oxygen atoms in total. The van der Waals surface area contributed by atoms with Crippen LogP contribution in [-0.2, 0) is 0 Å². The van der Waals surface area contributed by atoms with Crippen LogP contribution in [0.4, 0.5) is 21.8 Å². The highest BCUT2D eigenvalue weighted by Gasteiger charge is 2.13. The van der Waals surface area contributed by atoms with Crippen molar-refractivity contribution in [1.29, 1.82) is 0 Å². The summed E-state index contributed by atoms with van der Waals surface area (Å²) in [5.74, 6) is 0.976. The molecule has 0 spiro atoms. The molecule has 120 valence electrons. The fraction of sp³-hybridized carbons (Fsp3) is 0.294. The van der Waals surface area contributed by atoms with E-state index in [0.717, 1.165) is 16.6 Å². The normalized spacial score (nSPS) is 11.7. The van der Waals surface area contributed by atoms with Crippen molar-refractivity contribution in [2.75, 3.05) is 10.6 Å². The fourth-order valence-corrected chi connectivity index (χ4v) is 2.32. The molecule has 2 aromatic heterocycles. The third kappa shape index (κ3) is 3.26. The van der Waals surface area contributed by atoms with Crippen LogP contribution >= 0.6 is 0 Å². The number of benzene rings is 1. The topological polar surface area (TPSA) is 65.6 Å². The van der Waals surface area contributed by atoms with Crippen LogP contribution in [-0.4, -0.2) is 20.5 Å². The number of H-pyrrole nitrogens is 1. The van der Waals surface area contributed by atoms with E-state index in [9.17, 15) is 4.39 Å². The van der Waals surface area contributed by atoms with E-state index in [1.54, 1.807) is 18.5 Å². The maximum atomic E-state index is 13.8. The zero-order valence-corrected chi connectivity index (χ0v) is 13.7. The van der Waals surface area contributed by atoms with Gasteiger partial charge in [-0.2, -0.15) is 4.98 Å². The van der Waals surface area contributed by atoms with Crippen LogP contribution < -0.4 is 10.6 Å². The second kappa shape index (κ2) is 5.53. The second-order valence-corrected chi connectivity index (χ2v) is 6.59. The van der Waals surface area contributed by atoms with Gasteiger partial charge in [-0.05, 0) is 45.9 Å². The molecule has 0 saturated heterocycles. The molecule has 23 heavy (non-hydrogen) atoms. The van der Waals surface area contributed by atoms with Gasteiger partial charge in [0.15, 0.2) is 0 Å². The van der Waals surface area contributed by atoms with Crippen molar-refractivity contribution in [3.63, 3.8) is 0 Å². The molecule has 0 unspecified atom stereocenters. The Morgan fingerprint density at radius 2 is 1.96 bits per heavy atom. The number of anilines is 3. The molecule has 3 N–H and O–H groups in total. The molecule has 2 heterocycles. The van der Waals surface area contributed by atoms with E-state index in [1.165, 1.54) is 6.07 Å². The Hall–Kier alpha value is -2.63. The summed E-state index contributed by atoms with van der Waals surface area (Å²) in [6.45, 7) is 8.08. The van der Waals surface area contributed by atoms with E-state index in [1.807, 2.05) is 33.8 Å². The minimum atomic E-state index is -0.273. The van der Waals surface area contributed by atoms with Crippen LogP contribution in [0.2, 0.25) is 0 Å². The van der Waals surface area contributed by atoms with Crippen LogP contribution in [0.15, 0.2) is 30.6 Å². The number of halogens is 1. The summed E-state index contributed by atoms with van der Waals surface area (Å²) in [7, 11) is 0. The van der Waals surface area contributed by atoms with Gasteiger partial charge in [0.2, 0.25) is 5.95 Å². The largest absolute Gasteiger partial charge is 0.359 e. The molecule has 0 aliphatic rings. The van der Waals surface area contributed by atoms with Gasteiger partial charge in [0.05, 0.1) is 5.52 Å². The molecule has 0 atom stereocenters. The Morgan fingerprint density at radius 1 is 1.17 bits per heavy atom. The van der Waals surface area contributed by atoms with Gasteiger partial charge in [0.1, 0.15) is 11.6 Å². The van der Waals surface area contributed by atoms with E-state index in [-0.39, 0.29) is 11.4 Å². The molecule has 0 saturated carbocycles. The molecular weight excluding hydrogens is 293 g/mol. The van der Waals surface area contributed by atoms with Gasteiger partial charge in [0, 0.05) is 34.6 Å². The Bertz CT molecular complexity index is 848. The first-order chi connectivity index (χ1) is 10.8. The van der Waals surface area contributed by atoms with E-state index in [2.05, 4.69) is 25.6 Å². The number of aromatic amines is 1. The monoisotopic (exact) mass is 313 g/mol. The Morgan fingerprint density at radius 3 is 2.70 bits per heavy atom. The number of nitrogens with zero attached hydrogens (tertiary/aromatic N) is 2. The molecule has 3 aromatic rings. The number of aryl methyl sites for hydroxylation is 1. The maximum absolute atomic E-state index is 13.8. The highest BCUT2D eigenvalue weighted by molar-refractivity contribution is 5.93. The smallest absolute Gasteiger partial charge is 0.225 e. The van der Waals surface area contributed by atoms with Crippen LogP contribution in [0.5, 0.6) is 0 Å².